The Hall–Kier alpha value is -1.23. The van der Waals surface area contributed by atoms with Crippen LogP contribution in [0.1, 0.15) is 56.5 Å². The van der Waals surface area contributed by atoms with Crippen molar-refractivity contribution < 1.29 is 14.0 Å². The average Bonchev–Trinajstić information content (AvgIpc) is 2.58. The summed E-state index contributed by atoms with van der Waals surface area (Å²) in [5.74, 6) is -0.628. The quantitative estimate of drug-likeness (QED) is 0.424. The Labute approximate surface area is 158 Å². The minimum atomic E-state index is -0.670. The summed E-state index contributed by atoms with van der Waals surface area (Å²) in [6.45, 7) is 9.92. The third-order valence-corrected chi connectivity index (χ3v) is 6.49. The van der Waals surface area contributed by atoms with Gasteiger partial charge < -0.3 is 9.47 Å². The molecular weight excluding hydrogens is 378 g/mol. The summed E-state index contributed by atoms with van der Waals surface area (Å²) in [5, 5.41) is 0. The van der Waals surface area contributed by atoms with Crippen LogP contribution in [0, 0.1) is 5.41 Å². The number of rotatable bonds is 4. The van der Waals surface area contributed by atoms with E-state index in [0.29, 0.717) is 13.2 Å². The highest BCUT2D eigenvalue weighted by Gasteiger charge is 2.70. The predicted octanol–water partition coefficient (Wildman–Crippen LogP) is 4.58. The molecule has 4 heteroatoms. The maximum absolute atomic E-state index is 6.46. The van der Waals surface area contributed by atoms with E-state index in [1.54, 1.807) is 0 Å². The van der Waals surface area contributed by atoms with Gasteiger partial charge >= 0.3 is 0 Å². The SMILES string of the molecule is CCOC1(OCC)C2c3ccccc3C([n+]3c(Br)cccc32)C1(C)C. The van der Waals surface area contributed by atoms with Crippen LogP contribution in [0.5, 0.6) is 0 Å². The first-order valence-electron chi connectivity index (χ1n) is 9.06. The van der Waals surface area contributed by atoms with Crippen LogP contribution in [-0.4, -0.2) is 19.0 Å². The molecule has 0 saturated heterocycles. The molecule has 0 radical (unpaired) electrons. The summed E-state index contributed by atoms with van der Waals surface area (Å²) < 4.78 is 16.4. The molecule has 0 N–H and O–H groups in total. The number of nitrogens with zero attached hydrogens (tertiary/aromatic N) is 1. The summed E-state index contributed by atoms with van der Waals surface area (Å²) in [6.07, 6.45) is 0. The Balaban J connectivity index is 2.10. The van der Waals surface area contributed by atoms with Gasteiger partial charge in [0.25, 0.3) is 0 Å². The molecule has 0 spiro atoms. The Morgan fingerprint density at radius 2 is 1.60 bits per heavy atom. The van der Waals surface area contributed by atoms with Gasteiger partial charge in [0.15, 0.2) is 17.5 Å². The van der Waals surface area contributed by atoms with Crippen LogP contribution in [0.25, 0.3) is 0 Å². The molecule has 0 fully saturated rings. The molecule has 1 aromatic heterocycles. The first-order valence-corrected chi connectivity index (χ1v) is 9.85. The smallest absolute Gasteiger partial charge is 0.248 e. The summed E-state index contributed by atoms with van der Waals surface area (Å²) in [6, 6.07) is 15.3. The van der Waals surface area contributed by atoms with Crippen molar-refractivity contribution in [3.05, 3.63) is 63.9 Å². The molecule has 2 atom stereocenters. The summed E-state index contributed by atoms with van der Waals surface area (Å²) in [4.78, 5) is 0. The summed E-state index contributed by atoms with van der Waals surface area (Å²) in [7, 11) is 0. The van der Waals surface area contributed by atoms with Crippen LogP contribution in [0.15, 0.2) is 47.1 Å². The molecule has 2 unspecified atom stereocenters. The van der Waals surface area contributed by atoms with Crippen LogP contribution in [0.3, 0.4) is 0 Å². The van der Waals surface area contributed by atoms with Gasteiger partial charge in [-0.25, -0.2) is 0 Å². The van der Waals surface area contributed by atoms with Crippen molar-refractivity contribution in [1.82, 2.24) is 0 Å². The third kappa shape index (κ3) is 2.08. The third-order valence-electron chi connectivity index (χ3n) is 5.84. The maximum atomic E-state index is 6.46. The lowest BCUT2D eigenvalue weighted by atomic mass is 9.57. The van der Waals surface area contributed by atoms with Crippen LogP contribution in [0.2, 0.25) is 0 Å². The number of aromatic nitrogens is 1. The Kier molecular flexibility index (Phi) is 4.06. The topological polar surface area (TPSA) is 22.3 Å². The minimum absolute atomic E-state index is 0.0427. The lowest BCUT2D eigenvalue weighted by Gasteiger charge is -2.57. The largest absolute Gasteiger partial charge is 0.348 e. The highest BCUT2D eigenvalue weighted by molar-refractivity contribution is 9.10. The lowest BCUT2D eigenvalue weighted by Crippen LogP contribution is -2.72. The molecule has 2 aliphatic heterocycles. The first kappa shape index (κ1) is 17.2. The van der Waals surface area contributed by atoms with Gasteiger partial charge in [-0.15, -0.1) is 0 Å². The van der Waals surface area contributed by atoms with E-state index in [4.69, 9.17) is 9.47 Å². The van der Waals surface area contributed by atoms with E-state index in [9.17, 15) is 0 Å². The molecule has 5 rings (SSSR count). The second kappa shape index (κ2) is 5.90. The van der Waals surface area contributed by atoms with E-state index >= 15 is 0 Å². The molecule has 2 aromatic rings. The monoisotopic (exact) mass is 402 g/mol. The van der Waals surface area contributed by atoms with E-state index in [-0.39, 0.29) is 17.4 Å². The second-order valence-corrected chi connectivity index (χ2v) is 8.18. The van der Waals surface area contributed by atoms with Gasteiger partial charge in [-0.2, -0.15) is 4.57 Å². The summed E-state index contributed by atoms with van der Waals surface area (Å²) >= 11 is 3.78. The van der Waals surface area contributed by atoms with Gasteiger partial charge in [-0.1, -0.05) is 24.3 Å². The molecule has 132 valence electrons. The van der Waals surface area contributed by atoms with Crippen molar-refractivity contribution in [2.24, 2.45) is 5.41 Å². The number of fused-ring (bicyclic) bond motifs is 1. The molecule has 2 bridgehead atoms. The molecule has 1 aliphatic carbocycles. The van der Waals surface area contributed by atoms with E-state index in [2.05, 4.69) is 90.7 Å². The number of pyridine rings is 1. The minimum Gasteiger partial charge on any atom is -0.348 e. The van der Waals surface area contributed by atoms with Gasteiger partial charge in [0, 0.05) is 46.8 Å². The average molecular weight is 403 g/mol. The highest BCUT2D eigenvalue weighted by atomic mass is 79.9. The predicted molar refractivity (Wildman–Crippen MR) is 101 cm³/mol. The van der Waals surface area contributed by atoms with Crippen molar-refractivity contribution in [3.8, 4) is 0 Å². The normalized spacial score (nSPS) is 24.7. The second-order valence-electron chi connectivity index (χ2n) is 7.36. The fourth-order valence-corrected chi connectivity index (χ4v) is 5.58. The number of ether oxygens (including phenoxy) is 2. The number of hydrogen-bond donors (Lipinski definition) is 0. The molecule has 0 saturated carbocycles. The van der Waals surface area contributed by atoms with Crippen molar-refractivity contribution in [2.75, 3.05) is 13.2 Å². The van der Waals surface area contributed by atoms with Gasteiger partial charge in [0.05, 0.1) is 5.41 Å². The van der Waals surface area contributed by atoms with Gasteiger partial charge in [-0.05, 0) is 39.3 Å². The number of halogens is 1. The zero-order chi connectivity index (χ0) is 17.8. The van der Waals surface area contributed by atoms with Crippen molar-refractivity contribution >= 4 is 15.9 Å². The van der Waals surface area contributed by atoms with E-state index in [1.165, 1.54) is 16.8 Å². The Morgan fingerprint density at radius 1 is 0.960 bits per heavy atom. The molecule has 0 amide bonds. The number of hydrogen-bond acceptors (Lipinski definition) is 2. The zero-order valence-corrected chi connectivity index (χ0v) is 16.8. The summed E-state index contributed by atoms with van der Waals surface area (Å²) in [5.41, 5.74) is 3.72. The van der Waals surface area contributed by atoms with Crippen molar-refractivity contribution in [2.45, 2.75) is 45.4 Å². The molecule has 3 aliphatic rings. The maximum Gasteiger partial charge on any atom is 0.248 e. The van der Waals surface area contributed by atoms with Crippen LogP contribution >= 0.6 is 15.9 Å². The molecule has 1 aromatic carbocycles. The van der Waals surface area contributed by atoms with E-state index in [1.807, 2.05) is 0 Å². The van der Waals surface area contributed by atoms with Crippen LogP contribution < -0.4 is 4.57 Å². The van der Waals surface area contributed by atoms with Gasteiger partial charge in [0.2, 0.25) is 4.60 Å². The van der Waals surface area contributed by atoms with Crippen LogP contribution in [0.4, 0.5) is 0 Å². The molecule has 3 heterocycles. The zero-order valence-electron chi connectivity index (χ0n) is 15.3. The van der Waals surface area contributed by atoms with E-state index < -0.39 is 5.79 Å². The van der Waals surface area contributed by atoms with E-state index in [0.717, 1.165) is 4.60 Å². The molecular formula is C21H25BrNO2+. The lowest BCUT2D eigenvalue weighted by molar-refractivity contribution is -0.764. The standard InChI is InChI=1S/C21H25BrNO2/c1-5-24-21(25-6-2)18-14-10-7-8-11-15(14)19(20(21,3)4)23-16(18)12-9-13-17(23)22/h7-13,18-19H,5-6H2,1-4H3/q+1. The Bertz CT molecular complexity index is 811. The number of benzene rings is 1. The van der Waals surface area contributed by atoms with Crippen LogP contribution in [-0.2, 0) is 9.47 Å². The highest BCUT2D eigenvalue weighted by Crippen LogP contribution is 2.62. The molecule has 3 nitrogen and oxygen atoms in total. The van der Waals surface area contributed by atoms with Crippen molar-refractivity contribution in [1.29, 1.82) is 0 Å². The first-order chi connectivity index (χ1) is 12.0. The Morgan fingerprint density at radius 3 is 2.24 bits per heavy atom. The van der Waals surface area contributed by atoms with Crippen molar-refractivity contribution in [3.63, 3.8) is 0 Å². The van der Waals surface area contributed by atoms with Gasteiger partial charge in [0.1, 0.15) is 5.92 Å². The fraction of sp³-hybridized carbons (Fsp3) is 0.476. The fourth-order valence-electron chi connectivity index (χ4n) is 5.02. The van der Waals surface area contributed by atoms with Gasteiger partial charge in [-0.3, -0.25) is 0 Å². The molecule has 25 heavy (non-hydrogen) atoms.